The van der Waals surface area contributed by atoms with E-state index in [1.165, 1.54) is 24.8 Å². The molecule has 1 fully saturated rings. The van der Waals surface area contributed by atoms with Crippen LogP contribution in [-0.4, -0.2) is 47.8 Å². The molecule has 1 aliphatic rings. The van der Waals surface area contributed by atoms with E-state index >= 15 is 0 Å². The highest BCUT2D eigenvalue weighted by molar-refractivity contribution is 5.95. The molecule has 8 nitrogen and oxygen atoms in total. The Morgan fingerprint density at radius 2 is 1.63 bits per heavy atom. The predicted octanol–water partition coefficient (Wildman–Crippen LogP) is 4.43. The molecule has 0 atom stereocenters. The molecule has 2 aromatic carbocycles. The largest absolute Gasteiger partial charge is 0.482 e. The second kappa shape index (κ2) is 11.6. The van der Waals surface area contributed by atoms with Gasteiger partial charge in [-0.1, -0.05) is 45.0 Å². The van der Waals surface area contributed by atoms with Crippen LogP contribution in [0.15, 0.2) is 70.1 Å². The van der Waals surface area contributed by atoms with Crippen molar-refractivity contribution in [3.8, 4) is 5.75 Å². The van der Waals surface area contributed by atoms with E-state index < -0.39 is 0 Å². The van der Waals surface area contributed by atoms with Gasteiger partial charge in [-0.05, 0) is 40.8 Å². The van der Waals surface area contributed by atoms with Gasteiger partial charge in [0.2, 0.25) is 17.1 Å². The van der Waals surface area contributed by atoms with Crippen molar-refractivity contribution in [3.05, 3.63) is 93.5 Å². The molecular weight excluding hydrogens is 482 g/mol. The monoisotopic (exact) mass is 517 g/mol. The smallest absolute Gasteiger partial charge is 0.253 e. The summed E-state index contributed by atoms with van der Waals surface area (Å²) in [5, 5.41) is 2.70. The highest BCUT2D eigenvalue weighted by atomic mass is 16.5. The number of piperazine rings is 1. The maximum absolute atomic E-state index is 12.9. The first-order chi connectivity index (χ1) is 18.1. The third-order valence-electron chi connectivity index (χ3n) is 6.56. The third-order valence-corrected chi connectivity index (χ3v) is 6.56. The minimum Gasteiger partial charge on any atom is -0.482 e. The number of nitrogens with one attached hydrogen (secondary N) is 1. The quantitative estimate of drug-likeness (QED) is 0.499. The lowest BCUT2D eigenvalue weighted by molar-refractivity contribution is -0.114. The second-order valence-electron chi connectivity index (χ2n) is 10.6. The molecule has 0 spiro atoms. The highest BCUT2D eigenvalue weighted by Gasteiger charge is 2.23. The van der Waals surface area contributed by atoms with Crippen LogP contribution >= 0.6 is 0 Å². The Bertz CT molecular complexity index is 1320. The van der Waals surface area contributed by atoms with Crippen molar-refractivity contribution < 1.29 is 18.7 Å². The maximum atomic E-state index is 12.9. The van der Waals surface area contributed by atoms with Crippen LogP contribution in [0, 0.1) is 0 Å². The topological polar surface area (TPSA) is 92.1 Å². The van der Waals surface area contributed by atoms with Crippen LogP contribution in [0.3, 0.4) is 0 Å². The fraction of sp³-hybridized carbons (Fsp3) is 0.367. The molecule has 2 heterocycles. The van der Waals surface area contributed by atoms with Crippen LogP contribution in [0.2, 0.25) is 0 Å². The van der Waals surface area contributed by atoms with Gasteiger partial charge < -0.3 is 19.4 Å². The minimum absolute atomic E-state index is 0.0416. The Hall–Kier alpha value is -3.91. The van der Waals surface area contributed by atoms with Crippen LogP contribution in [-0.2, 0) is 23.4 Å². The van der Waals surface area contributed by atoms with E-state index in [0.717, 1.165) is 5.56 Å². The normalized spacial score (nSPS) is 14.3. The van der Waals surface area contributed by atoms with Crippen LogP contribution < -0.4 is 15.5 Å². The van der Waals surface area contributed by atoms with Gasteiger partial charge in [-0.15, -0.1) is 0 Å². The lowest BCUT2D eigenvalue weighted by Gasteiger charge is -2.34. The summed E-state index contributed by atoms with van der Waals surface area (Å²) in [7, 11) is 0. The summed E-state index contributed by atoms with van der Waals surface area (Å²) in [6.45, 7) is 11.2. The van der Waals surface area contributed by atoms with Crippen molar-refractivity contribution in [2.24, 2.45) is 0 Å². The Morgan fingerprint density at radius 1 is 0.974 bits per heavy atom. The average Bonchev–Trinajstić information content (AvgIpc) is 2.88. The molecule has 0 unspecified atom stereocenters. The Kier molecular flexibility index (Phi) is 8.32. The van der Waals surface area contributed by atoms with Gasteiger partial charge in [0, 0.05) is 50.4 Å². The Morgan fingerprint density at radius 3 is 2.21 bits per heavy atom. The van der Waals surface area contributed by atoms with Gasteiger partial charge in [-0.25, -0.2) is 0 Å². The predicted molar refractivity (Wildman–Crippen MR) is 146 cm³/mol. The number of rotatable bonds is 7. The molecule has 2 amide bonds. The number of carbonyl (C=O) groups is 2. The van der Waals surface area contributed by atoms with Crippen molar-refractivity contribution >= 4 is 17.5 Å². The summed E-state index contributed by atoms with van der Waals surface area (Å²) < 4.78 is 11.4. The highest BCUT2D eigenvalue weighted by Crippen LogP contribution is 2.22. The van der Waals surface area contributed by atoms with Crippen molar-refractivity contribution in [3.63, 3.8) is 0 Å². The molecular formula is C30H35N3O5. The number of hydrogen-bond donors (Lipinski definition) is 1. The van der Waals surface area contributed by atoms with E-state index in [1.54, 1.807) is 24.3 Å². The van der Waals surface area contributed by atoms with Crippen molar-refractivity contribution in [1.82, 2.24) is 9.80 Å². The number of nitrogens with zero attached hydrogens (tertiary/aromatic N) is 2. The first-order valence-electron chi connectivity index (χ1n) is 12.8. The molecule has 1 aromatic heterocycles. The van der Waals surface area contributed by atoms with E-state index in [2.05, 4.69) is 43.1 Å². The standard InChI is InChI=1S/C30H35N3O5/c1-21(34)31-25-11-7-23(8-12-25)29(36)33-15-13-32(14-16-33)18-26-17-27(35)28(20-37-26)38-19-22-5-9-24(10-6-22)30(2,3)4/h5-12,17,20H,13-16,18-19H2,1-4H3,(H,31,34). The van der Waals surface area contributed by atoms with E-state index in [9.17, 15) is 14.4 Å². The minimum atomic E-state index is -0.214. The van der Waals surface area contributed by atoms with E-state index in [-0.39, 0.29) is 28.4 Å². The number of amides is 2. The summed E-state index contributed by atoms with van der Waals surface area (Å²) in [4.78, 5) is 40.6. The molecule has 1 aliphatic heterocycles. The summed E-state index contributed by atoms with van der Waals surface area (Å²) in [5.74, 6) is 0.555. The number of anilines is 1. The van der Waals surface area contributed by atoms with E-state index in [1.807, 2.05) is 17.0 Å². The zero-order chi connectivity index (χ0) is 27.3. The Balaban J connectivity index is 1.26. The number of hydrogen-bond acceptors (Lipinski definition) is 6. The van der Waals surface area contributed by atoms with Gasteiger partial charge in [-0.3, -0.25) is 19.3 Å². The molecule has 0 radical (unpaired) electrons. The van der Waals surface area contributed by atoms with Crippen molar-refractivity contribution in [1.29, 1.82) is 0 Å². The second-order valence-corrected chi connectivity index (χ2v) is 10.6. The van der Waals surface area contributed by atoms with Crippen LogP contribution in [0.1, 0.15) is 54.9 Å². The molecule has 200 valence electrons. The number of benzene rings is 2. The fourth-order valence-corrected chi connectivity index (χ4v) is 4.30. The SMILES string of the molecule is CC(=O)Nc1ccc(C(=O)N2CCN(Cc3cc(=O)c(OCc4ccc(C(C)(C)C)cc4)co3)CC2)cc1. The zero-order valence-corrected chi connectivity index (χ0v) is 22.5. The molecule has 0 bridgehead atoms. The summed E-state index contributed by atoms with van der Waals surface area (Å²) >= 11 is 0. The first kappa shape index (κ1) is 27.1. The van der Waals surface area contributed by atoms with Gasteiger partial charge >= 0.3 is 0 Å². The van der Waals surface area contributed by atoms with Crippen molar-refractivity contribution in [2.45, 2.75) is 46.3 Å². The van der Waals surface area contributed by atoms with Gasteiger partial charge in [-0.2, -0.15) is 0 Å². The fourth-order valence-electron chi connectivity index (χ4n) is 4.30. The molecule has 0 aliphatic carbocycles. The third kappa shape index (κ3) is 7.10. The van der Waals surface area contributed by atoms with Gasteiger partial charge in [0.1, 0.15) is 18.6 Å². The Labute approximate surface area is 223 Å². The molecule has 4 rings (SSSR count). The van der Waals surface area contributed by atoms with E-state index in [0.29, 0.717) is 56.3 Å². The van der Waals surface area contributed by atoms with Gasteiger partial charge in [0.15, 0.2) is 0 Å². The number of ether oxygens (including phenoxy) is 1. The van der Waals surface area contributed by atoms with Crippen LogP contribution in [0.4, 0.5) is 5.69 Å². The molecule has 38 heavy (non-hydrogen) atoms. The molecule has 1 saturated heterocycles. The van der Waals surface area contributed by atoms with Crippen LogP contribution in [0.25, 0.3) is 0 Å². The lowest BCUT2D eigenvalue weighted by Crippen LogP contribution is -2.48. The zero-order valence-electron chi connectivity index (χ0n) is 22.5. The van der Waals surface area contributed by atoms with Crippen molar-refractivity contribution in [2.75, 3.05) is 31.5 Å². The molecule has 0 saturated carbocycles. The number of carbonyl (C=O) groups excluding carboxylic acids is 2. The first-order valence-corrected chi connectivity index (χ1v) is 12.8. The maximum Gasteiger partial charge on any atom is 0.253 e. The summed E-state index contributed by atoms with van der Waals surface area (Å²) in [6.07, 6.45) is 1.38. The van der Waals surface area contributed by atoms with E-state index in [4.69, 9.17) is 9.15 Å². The molecule has 3 aromatic rings. The van der Waals surface area contributed by atoms with Gasteiger partial charge in [0.25, 0.3) is 5.91 Å². The average molecular weight is 518 g/mol. The van der Waals surface area contributed by atoms with Crippen LogP contribution in [0.5, 0.6) is 5.75 Å². The summed E-state index contributed by atoms with van der Waals surface area (Å²) in [6, 6.07) is 16.6. The molecule has 8 heteroatoms. The molecule has 1 N–H and O–H groups in total. The lowest BCUT2D eigenvalue weighted by atomic mass is 9.87. The summed E-state index contributed by atoms with van der Waals surface area (Å²) in [5.41, 5.74) is 3.34. The van der Waals surface area contributed by atoms with Gasteiger partial charge in [0.05, 0.1) is 6.54 Å².